The minimum atomic E-state index is -0.494. The number of benzene rings is 2. The molecule has 0 bridgehead atoms. The molecule has 2 saturated heterocycles. The number of fused-ring (bicyclic) bond motifs is 1. The number of phenolic OH excluding ortho intramolecular Hbond substituents is 1. The Labute approximate surface area is 216 Å². The van der Waals surface area contributed by atoms with Crippen molar-refractivity contribution in [2.75, 3.05) is 21.3 Å². The minimum absolute atomic E-state index is 0.0357. The first-order chi connectivity index (χ1) is 17.9. The van der Waals surface area contributed by atoms with Crippen LogP contribution in [0.25, 0.3) is 0 Å². The molecule has 9 heteroatoms. The number of aromatic hydroxyl groups is 1. The summed E-state index contributed by atoms with van der Waals surface area (Å²) in [7, 11) is 4.71. The highest BCUT2D eigenvalue weighted by atomic mass is 16.5. The van der Waals surface area contributed by atoms with Crippen molar-refractivity contribution in [1.29, 1.82) is 0 Å². The Morgan fingerprint density at radius 1 is 1.00 bits per heavy atom. The number of carbonyl (C=O) groups excluding carboxylic acids is 1. The lowest BCUT2D eigenvalue weighted by molar-refractivity contribution is -0.131. The number of amides is 1. The molecule has 0 spiro atoms. The van der Waals surface area contributed by atoms with Gasteiger partial charge in [0.15, 0.2) is 11.5 Å². The second-order valence-electron chi connectivity index (χ2n) is 9.57. The number of pyridine rings is 1. The molecule has 5 rings (SSSR count). The molecule has 0 aliphatic carbocycles. The normalized spacial score (nSPS) is 22.7. The summed E-state index contributed by atoms with van der Waals surface area (Å²) in [5.41, 5.74) is 10.9. The number of nitrogens with zero attached hydrogens (tertiary/aromatic N) is 2. The second kappa shape index (κ2) is 9.91. The van der Waals surface area contributed by atoms with Crippen LogP contribution in [-0.4, -0.2) is 48.3 Å². The van der Waals surface area contributed by atoms with Gasteiger partial charge in [-0.1, -0.05) is 23.8 Å². The number of aromatic nitrogens is 1. The number of aryl methyl sites for hydroxylation is 2. The number of phenols is 1. The summed E-state index contributed by atoms with van der Waals surface area (Å²) in [5.74, 6) is 1.47. The maximum atomic E-state index is 13.9. The van der Waals surface area contributed by atoms with Crippen LogP contribution in [0.15, 0.2) is 48.8 Å². The van der Waals surface area contributed by atoms with Gasteiger partial charge in [0.2, 0.25) is 11.7 Å². The van der Waals surface area contributed by atoms with Gasteiger partial charge < -0.3 is 24.2 Å². The molecule has 3 N–H and O–H groups in total. The Bertz CT molecular complexity index is 1290. The van der Waals surface area contributed by atoms with Crippen molar-refractivity contribution in [3.05, 3.63) is 76.6 Å². The van der Waals surface area contributed by atoms with Crippen molar-refractivity contribution in [3.8, 4) is 23.0 Å². The Morgan fingerprint density at radius 3 is 2.32 bits per heavy atom. The number of likely N-dealkylation sites (tertiary alicyclic amines) is 1. The van der Waals surface area contributed by atoms with Crippen LogP contribution in [-0.2, 0) is 11.3 Å². The molecule has 37 heavy (non-hydrogen) atoms. The van der Waals surface area contributed by atoms with Gasteiger partial charge in [0.05, 0.1) is 33.4 Å². The predicted molar refractivity (Wildman–Crippen MR) is 137 cm³/mol. The third-order valence-corrected chi connectivity index (χ3v) is 7.33. The lowest BCUT2D eigenvalue weighted by atomic mass is 9.82. The number of carbonyl (C=O) groups is 1. The largest absolute Gasteiger partial charge is 0.507 e. The third kappa shape index (κ3) is 4.24. The highest BCUT2D eigenvalue weighted by molar-refractivity contribution is 5.86. The topological polar surface area (TPSA) is 105 Å². The molecule has 0 radical (unpaired) electrons. The molecule has 1 amide bonds. The lowest BCUT2D eigenvalue weighted by Crippen LogP contribution is -2.41. The van der Waals surface area contributed by atoms with Crippen molar-refractivity contribution >= 4 is 5.91 Å². The summed E-state index contributed by atoms with van der Waals surface area (Å²) in [6.07, 6.45) is 3.48. The van der Waals surface area contributed by atoms with Crippen LogP contribution in [0, 0.1) is 19.8 Å². The number of nitrogens with one attached hydrogen (secondary N) is 2. The van der Waals surface area contributed by atoms with Crippen LogP contribution >= 0.6 is 0 Å². The summed E-state index contributed by atoms with van der Waals surface area (Å²) in [5, 5.41) is 11.0. The number of rotatable bonds is 7. The first-order valence-corrected chi connectivity index (χ1v) is 12.2. The summed E-state index contributed by atoms with van der Waals surface area (Å²) >= 11 is 0. The number of hydrogen-bond acceptors (Lipinski definition) is 8. The Balaban J connectivity index is 1.67. The summed E-state index contributed by atoms with van der Waals surface area (Å²) < 4.78 is 16.8. The Hall–Kier alpha value is -3.82. The van der Waals surface area contributed by atoms with Gasteiger partial charge in [0.25, 0.3) is 0 Å². The summed E-state index contributed by atoms with van der Waals surface area (Å²) in [6.45, 7) is 4.27. The van der Waals surface area contributed by atoms with Gasteiger partial charge >= 0.3 is 0 Å². The highest BCUT2D eigenvalue weighted by Crippen LogP contribution is 2.51. The quantitative estimate of drug-likeness (QED) is 0.450. The van der Waals surface area contributed by atoms with E-state index in [1.54, 1.807) is 33.7 Å². The maximum Gasteiger partial charge on any atom is 0.242 e. The van der Waals surface area contributed by atoms with E-state index in [1.165, 1.54) is 0 Å². The van der Waals surface area contributed by atoms with Crippen LogP contribution in [0.5, 0.6) is 23.0 Å². The molecule has 3 aromatic rings. The summed E-state index contributed by atoms with van der Waals surface area (Å²) in [4.78, 5) is 20.0. The molecule has 9 nitrogen and oxygen atoms in total. The molecule has 0 saturated carbocycles. The third-order valence-electron chi connectivity index (χ3n) is 7.33. The fourth-order valence-corrected chi connectivity index (χ4v) is 5.73. The van der Waals surface area contributed by atoms with Gasteiger partial charge in [-0.15, -0.1) is 0 Å². The smallest absolute Gasteiger partial charge is 0.242 e. The molecule has 3 heterocycles. The molecule has 2 aromatic carbocycles. The molecule has 194 valence electrons. The zero-order chi connectivity index (χ0) is 26.3. The monoisotopic (exact) mass is 504 g/mol. The number of methoxy groups -OCH3 is 3. The molecule has 2 fully saturated rings. The van der Waals surface area contributed by atoms with Crippen molar-refractivity contribution in [2.24, 2.45) is 5.92 Å². The second-order valence-corrected chi connectivity index (χ2v) is 9.57. The highest BCUT2D eigenvalue weighted by Gasteiger charge is 2.56. The molecule has 1 aromatic heterocycles. The van der Waals surface area contributed by atoms with Crippen molar-refractivity contribution in [1.82, 2.24) is 20.7 Å². The van der Waals surface area contributed by atoms with Gasteiger partial charge in [0, 0.05) is 30.4 Å². The fourth-order valence-electron chi connectivity index (χ4n) is 5.73. The zero-order valence-electron chi connectivity index (χ0n) is 21.6. The first-order valence-electron chi connectivity index (χ1n) is 12.2. The van der Waals surface area contributed by atoms with Crippen LogP contribution in [0.4, 0.5) is 0 Å². The van der Waals surface area contributed by atoms with Crippen LogP contribution in [0.2, 0.25) is 0 Å². The molecule has 2 aliphatic heterocycles. The van der Waals surface area contributed by atoms with E-state index >= 15 is 0 Å². The van der Waals surface area contributed by atoms with E-state index in [4.69, 9.17) is 14.2 Å². The van der Waals surface area contributed by atoms with E-state index in [2.05, 4.69) is 15.8 Å². The van der Waals surface area contributed by atoms with Gasteiger partial charge in [-0.25, -0.2) is 10.9 Å². The van der Waals surface area contributed by atoms with Gasteiger partial charge in [0.1, 0.15) is 11.8 Å². The fraction of sp³-hybridized carbons (Fsp3) is 0.357. The average Bonchev–Trinajstić information content (AvgIpc) is 3.44. The average molecular weight is 505 g/mol. The van der Waals surface area contributed by atoms with Crippen molar-refractivity contribution < 1.29 is 24.1 Å². The van der Waals surface area contributed by atoms with Crippen LogP contribution in [0.3, 0.4) is 0 Å². The number of hydrazine groups is 1. The van der Waals surface area contributed by atoms with E-state index in [0.717, 1.165) is 27.8 Å². The Kier molecular flexibility index (Phi) is 6.66. The van der Waals surface area contributed by atoms with E-state index in [-0.39, 0.29) is 29.7 Å². The molecule has 2 aliphatic rings. The van der Waals surface area contributed by atoms with E-state index < -0.39 is 6.04 Å². The predicted octanol–water partition coefficient (Wildman–Crippen LogP) is 3.35. The van der Waals surface area contributed by atoms with Crippen LogP contribution in [0.1, 0.15) is 39.9 Å². The number of ether oxygens (including phenoxy) is 3. The van der Waals surface area contributed by atoms with Gasteiger partial charge in [-0.2, -0.15) is 0 Å². The number of hydrogen-bond donors (Lipinski definition) is 3. The van der Waals surface area contributed by atoms with E-state index in [9.17, 15) is 9.90 Å². The van der Waals surface area contributed by atoms with E-state index in [1.807, 2.05) is 55.1 Å². The standard InChI is InChI=1S/C28H32N4O5/c1-15-9-16(2)26(33)19(10-15)23-22-24(31-30-23)28(34)32(14-17-7-6-8-29-13-17)25(22)18-11-20(35-3)27(37-5)21(12-18)36-4/h6-13,22-25,30-31,33H,14H2,1-5H3. The maximum absolute atomic E-state index is 13.9. The molecular weight excluding hydrogens is 472 g/mol. The van der Waals surface area contributed by atoms with Gasteiger partial charge in [-0.3, -0.25) is 9.78 Å². The van der Waals surface area contributed by atoms with E-state index in [0.29, 0.717) is 23.8 Å². The van der Waals surface area contributed by atoms with Crippen molar-refractivity contribution in [3.63, 3.8) is 0 Å². The molecular formula is C28H32N4O5. The minimum Gasteiger partial charge on any atom is -0.507 e. The van der Waals surface area contributed by atoms with Crippen LogP contribution < -0.4 is 25.1 Å². The first kappa shape index (κ1) is 24.9. The van der Waals surface area contributed by atoms with Gasteiger partial charge in [-0.05, 0) is 48.7 Å². The Morgan fingerprint density at radius 2 is 1.70 bits per heavy atom. The summed E-state index contributed by atoms with van der Waals surface area (Å²) in [6, 6.07) is 10.4. The zero-order valence-corrected chi connectivity index (χ0v) is 21.6. The lowest BCUT2D eigenvalue weighted by Gasteiger charge is -2.32. The molecule has 4 unspecified atom stereocenters. The van der Waals surface area contributed by atoms with Crippen molar-refractivity contribution in [2.45, 2.75) is 38.5 Å². The molecule has 4 atom stereocenters. The SMILES string of the molecule is COc1cc(C2C3C(NNC3c3cc(C)cc(C)c3O)C(=O)N2Cc2cccnc2)cc(OC)c1OC.